The molecule has 10 heteroatoms. The highest BCUT2D eigenvalue weighted by atomic mass is 16.7. The van der Waals surface area contributed by atoms with Crippen molar-refractivity contribution in [3.05, 3.63) is 12.2 Å². The number of hydrogen-bond acceptors (Lipinski definition) is 10. The molecule has 0 radical (unpaired) electrons. The zero-order valence-corrected chi connectivity index (χ0v) is 28.8. The van der Waals surface area contributed by atoms with Crippen LogP contribution in [0.2, 0.25) is 0 Å². The van der Waals surface area contributed by atoms with Gasteiger partial charge in [-0.25, -0.2) is 0 Å². The van der Waals surface area contributed by atoms with Crippen LogP contribution in [0.5, 0.6) is 0 Å². The van der Waals surface area contributed by atoms with Gasteiger partial charge in [-0.05, 0) is 87.4 Å². The Morgan fingerprint density at radius 3 is 2.28 bits per heavy atom. The van der Waals surface area contributed by atoms with Gasteiger partial charge in [-0.1, -0.05) is 46.8 Å². The number of fused-ring (bicyclic) bond motifs is 2. The van der Waals surface area contributed by atoms with Gasteiger partial charge in [0.2, 0.25) is 0 Å². The molecule has 0 aromatic heterocycles. The highest BCUT2D eigenvalue weighted by Gasteiger charge is 2.75. The quantitative estimate of drug-likeness (QED) is 0.193. The van der Waals surface area contributed by atoms with Crippen LogP contribution in [0.25, 0.3) is 0 Å². The maximum absolute atomic E-state index is 10.9. The first-order chi connectivity index (χ1) is 21.3. The minimum atomic E-state index is -1.49. The van der Waals surface area contributed by atoms with E-state index in [-0.39, 0.29) is 28.3 Å². The SMILES string of the molecule is C[C@H](C[C@H](O)[C@@H](O)C(C)(C)O)[C@H]1CC[C@@]2(C)[C@@H]3C=C[C@@]45OC[C@]3(CC[C@]12C)[C@H]4CC[C@H](O[C@@H]1O[C@H](CO)[C@@H](O)[C@@H](O)[C@H]1O)C5(C)C. The molecule has 4 aliphatic carbocycles. The number of ether oxygens (including phenoxy) is 3. The third kappa shape index (κ3) is 4.72. The second-order valence-corrected chi connectivity index (χ2v) is 17.7. The van der Waals surface area contributed by atoms with Gasteiger partial charge >= 0.3 is 0 Å². The summed E-state index contributed by atoms with van der Waals surface area (Å²) < 4.78 is 19.2. The van der Waals surface area contributed by atoms with E-state index in [9.17, 15) is 35.7 Å². The Hall–Kier alpha value is -0.660. The van der Waals surface area contributed by atoms with Crippen LogP contribution in [0.15, 0.2) is 12.2 Å². The summed E-state index contributed by atoms with van der Waals surface area (Å²) in [4.78, 5) is 0. The zero-order valence-electron chi connectivity index (χ0n) is 28.8. The molecule has 7 N–H and O–H groups in total. The zero-order chi connectivity index (χ0) is 33.8. The molecule has 6 aliphatic rings. The van der Waals surface area contributed by atoms with Crippen LogP contribution in [0, 0.1) is 45.3 Å². The first kappa shape index (κ1) is 35.2. The van der Waals surface area contributed by atoms with Crippen LogP contribution in [0.1, 0.15) is 93.4 Å². The molecule has 0 amide bonds. The van der Waals surface area contributed by atoms with Crippen molar-refractivity contribution in [3.8, 4) is 0 Å². The predicted molar refractivity (Wildman–Crippen MR) is 169 cm³/mol. The Morgan fingerprint density at radius 2 is 1.63 bits per heavy atom. The van der Waals surface area contributed by atoms with E-state index < -0.39 is 66.1 Å². The van der Waals surface area contributed by atoms with Gasteiger partial charge in [-0.3, -0.25) is 0 Å². The summed E-state index contributed by atoms with van der Waals surface area (Å²) >= 11 is 0. The summed E-state index contributed by atoms with van der Waals surface area (Å²) in [7, 11) is 0. The topological polar surface area (TPSA) is 169 Å². The predicted octanol–water partition coefficient (Wildman–Crippen LogP) is 2.28. The Labute approximate surface area is 274 Å². The van der Waals surface area contributed by atoms with Gasteiger partial charge in [-0.2, -0.15) is 0 Å². The lowest BCUT2D eigenvalue weighted by atomic mass is 9.38. The van der Waals surface area contributed by atoms with Crippen LogP contribution >= 0.6 is 0 Å². The van der Waals surface area contributed by atoms with Crippen LogP contribution in [-0.2, 0) is 14.2 Å². The number of allylic oxidation sites excluding steroid dienone is 1. The van der Waals surface area contributed by atoms with Crippen molar-refractivity contribution in [1.82, 2.24) is 0 Å². The number of rotatable bonds is 8. The van der Waals surface area contributed by atoms with Crippen molar-refractivity contribution in [3.63, 3.8) is 0 Å². The summed E-state index contributed by atoms with van der Waals surface area (Å²) in [6, 6.07) is 0. The van der Waals surface area contributed by atoms with E-state index >= 15 is 0 Å². The third-order valence-corrected chi connectivity index (χ3v) is 14.9. The van der Waals surface area contributed by atoms with Crippen molar-refractivity contribution in [1.29, 1.82) is 0 Å². The Kier molecular flexibility index (Phi) is 8.74. The molecule has 16 atom stereocenters. The molecule has 264 valence electrons. The third-order valence-electron chi connectivity index (χ3n) is 14.9. The summed E-state index contributed by atoms with van der Waals surface area (Å²) in [6.07, 6.45) is 1.99. The smallest absolute Gasteiger partial charge is 0.186 e. The van der Waals surface area contributed by atoms with Crippen molar-refractivity contribution >= 4 is 0 Å². The molecule has 0 aromatic rings. The highest BCUT2D eigenvalue weighted by molar-refractivity contribution is 5.33. The van der Waals surface area contributed by atoms with Gasteiger partial charge in [-0.15, -0.1) is 0 Å². The van der Waals surface area contributed by atoms with E-state index in [2.05, 4.69) is 46.8 Å². The Balaban J connectivity index is 1.24. The van der Waals surface area contributed by atoms with E-state index in [4.69, 9.17) is 14.2 Å². The molecule has 2 bridgehead atoms. The second kappa shape index (κ2) is 11.4. The van der Waals surface area contributed by atoms with Gasteiger partial charge in [0.15, 0.2) is 6.29 Å². The van der Waals surface area contributed by atoms with Crippen LogP contribution in [0.4, 0.5) is 0 Å². The molecular weight excluding hydrogens is 592 g/mol. The molecular formula is C36H60O10. The molecule has 0 unspecified atom stereocenters. The molecule has 5 fully saturated rings. The van der Waals surface area contributed by atoms with E-state index in [0.717, 1.165) is 38.5 Å². The van der Waals surface area contributed by atoms with Crippen molar-refractivity contribution < 1.29 is 50.0 Å². The molecule has 46 heavy (non-hydrogen) atoms. The van der Waals surface area contributed by atoms with E-state index in [1.807, 2.05) is 0 Å². The number of aliphatic hydroxyl groups excluding tert-OH is 6. The lowest BCUT2D eigenvalue weighted by Gasteiger charge is -2.65. The summed E-state index contributed by atoms with van der Waals surface area (Å²) in [6.45, 7) is 14.7. The maximum atomic E-state index is 10.9. The summed E-state index contributed by atoms with van der Waals surface area (Å²) in [5.74, 6) is 1.21. The first-order valence-electron chi connectivity index (χ1n) is 17.7. The van der Waals surface area contributed by atoms with Gasteiger partial charge in [0.05, 0.1) is 36.6 Å². The number of hydrogen-bond donors (Lipinski definition) is 7. The average Bonchev–Trinajstić information content (AvgIpc) is 3.38. The standard InChI is InChI=1S/C36H60O10/c1-19(16-21(38)29(42)32(4,5)43)20-10-12-34(7)23-11-13-36-24(35(23,18-44-36)15-14-33(20,34)6)8-9-25(31(36,2)3)46-30-28(41)27(40)26(39)22(17-37)45-30/h11,13,19-30,37-43H,8-10,12,14-18H2,1-7H3/t19-,20-,21+,22-,23+,24-,25+,26-,27-,28-,29-,30+,33-,34+,35+,36-/m1/s1. The largest absolute Gasteiger partial charge is 0.394 e. The van der Waals surface area contributed by atoms with E-state index in [0.29, 0.717) is 30.8 Å². The maximum Gasteiger partial charge on any atom is 0.186 e. The minimum absolute atomic E-state index is 0.0108. The van der Waals surface area contributed by atoms with Crippen molar-refractivity contribution in [2.75, 3.05) is 13.2 Å². The summed E-state index contributed by atoms with van der Waals surface area (Å²) in [5, 5.41) is 72.8. The molecule has 1 spiro atoms. The average molecular weight is 653 g/mol. The molecule has 0 aromatic carbocycles. The van der Waals surface area contributed by atoms with E-state index in [1.165, 1.54) is 13.8 Å². The molecule has 10 nitrogen and oxygen atoms in total. The minimum Gasteiger partial charge on any atom is -0.394 e. The molecule has 2 aliphatic heterocycles. The molecule has 2 heterocycles. The van der Waals surface area contributed by atoms with Crippen LogP contribution < -0.4 is 0 Å². The fourth-order valence-electron chi connectivity index (χ4n) is 11.9. The second-order valence-electron chi connectivity index (χ2n) is 17.7. The van der Waals surface area contributed by atoms with Crippen LogP contribution in [-0.4, -0.2) is 109 Å². The van der Waals surface area contributed by atoms with Crippen molar-refractivity contribution in [2.45, 2.75) is 154 Å². The Morgan fingerprint density at radius 1 is 0.935 bits per heavy atom. The lowest BCUT2D eigenvalue weighted by molar-refractivity contribution is -0.329. The van der Waals surface area contributed by atoms with Gasteiger partial charge < -0.3 is 50.0 Å². The van der Waals surface area contributed by atoms with Crippen molar-refractivity contribution in [2.24, 2.45) is 45.3 Å². The molecule has 3 saturated carbocycles. The van der Waals surface area contributed by atoms with Gasteiger partial charge in [0.25, 0.3) is 0 Å². The Bertz CT molecular complexity index is 1170. The fourth-order valence-corrected chi connectivity index (χ4v) is 11.9. The molecule has 2 saturated heterocycles. The molecule has 6 rings (SSSR count). The van der Waals surface area contributed by atoms with Gasteiger partial charge in [0, 0.05) is 16.7 Å². The lowest BCUT2D eigenvalue weighted by Crippen LogP contribution is -2.66. The van der Waals surface area contributed by atoms with E-state index in [1.54, 1.807) is 0 Å². The normalized spacial score (nSPS) is 51.6. The monoisotopic (exact) mass is 652 g/mol. The first-order valence-corrected chi connectivity index (χ1v) is 17.7. The van der Waals surface area contributed by atoms with Gasteiger partial charge in [0.1, 0.15) is 30.5 Å². The fraction of sp³-hybridized carbons (Fsp3) is 0.944. The number of aliphatic hydroxyl groups is 7. The summed E-state index contributed by atoms with van der Waals surface area (Å²) in [5.41, 5.74) is -2.34. The highest BCUT2D eigenvalue weighted by Crippen LogP contribution is 2.77. The van der Waals surface area contributed by atoms with Crippen LogP contribution in [0.3, 0.4) is 0 Å².